The topological polar surface area (TPSA) is 56.2 Å². The van der Waals surface area contributed by atoms with Gasteiger partial charge in [-0.2, -0.15) is 0 Å². The van der Waals surface area contributed by atoms with Crippen LogP contribution in [0.2, 0.25) is 0 Å². The lowest BCUT2D eigenvalue weighted by Crippen LogP contribution is -2.43. The fourth-order valence-corrected chi connectivity index (χ4v) is 3.65. The summed E-state index contributed by atoms with van der Waals surface area (Å²) >= 11 is 5.07. The lowest BCUT2D eigenvalue weighted by molar-refractivity contribution is 0.263. The van der Waals surface area contributed by atoms with Crippen LogP contribution in [0.1, 0.15) is 37.1 Å². The number of allylic oxidation sites excluding steroid dienone is 3. The minimum absolute atomic E-state index is 0.0350. The molecule has 2 heterocycles. The molecule has 1 aromatic carbocycles. The Morgan fingerprint density at radius 2 is 1.93 bits per heavy atom. The first kappa shape index (κ1) is 19.2. The molecule has 2 aromatic rings. The fourth-order valence-electron chi connectivity index (χ4n) is 3.47. The zero-order valence-electron chi connectivity index (χ0n) is 15.6. The Labute approximate surface area is 165 Å². The molecule has 1 aliphatic heterocycles. The molecular weight excluding hydrogens is 356 g/mol. The van der Waals surface area contributed by atoms with E-state index in [1.807, 2.05) is 81.8 Å². The summed E-state index contributed by atoms with van der Waals surface area (Å²) in [5, 5.41) is 0.442. The number of rotatable bonds is 5. The van der Waals surface area contributed by atoms with E-state index in [0.29, 0.717) is 11.7 Å². The van der Waals surface area contributed by atoms with Gasteiger partial charge in [0.1, 0.15) is 0 Å². The van der Waals surface area contributed by atoms with Gasteiger partial charge in [0.25, 0.3) is 0 Å². The maximum atomic E-state index is 13.2. The third-order valence-corrected chi connectivity index (χ3v) is 5.22. The van der Waals surface area contributed by atoms with Crippen molar-refractivity contribution in [1.82, 2.24) is 14.0 Å². The Morgan fingerprint density at radius 1 is 1.22 bits per heavy atom. The summed E-state index contributed by atoms with van der Waals surface area (Å²) in [6.45, 7) is 4.12. The number of hydrogen-bond donors (Lipinski definition) is 1. The Morgan fingerprint density at radius 3 is 2.56 bits per heavy atom. The predicted octanol–water partition coefficient (Wildman–Crippen LogP) is 3.17. The van der Waals surface area contributed by atoms with E-state index in [9.17, 15) is 4.79 Å². The van der Waals surface area contributed by atoms with Crippen molar-refractivity contribution >= 4 is 23.4 Å². The van der Waals surface area contributed by atoms with Gasteiger partial charge < -0.3 is 10.6 Å². The van der Waals surface area contributed by atoms with Gasteiger partial charge in [-0.1, -0.05) is 48.6 Å². The van der Waals surface area contributed by atoms with Crippen molar-refractivity contribution in [2.75, 3.05) is 13.1 Å². The number of imidazole rings is 1. The molecule has 0 atom stereocenters. The summed E-state index contributed by atoms with van der Waals surface area (Å²) < 4.78 is 3.73. The number of aromatic nitrogens is 2. The van der Waals surface area contributed by atoms with Crippen molar-refractivity contribution in [2.45, 2.75) is 32.4 Å². The zero-order chi connectivity index (χ0) is 19.2. The van der Waals surface area contributed by atoms with E-state index in [-0.39, 0.29) is 11.7 Å². The maximum absolute atomic E-state index is 13.2. The molecule has 1 aliphatic rings. The smallest absolute Gasteiger partial charge is 0.329 e. The molecule has 0 saturated carbocycles. The number of nitrogens with zero attached hydrogens (tertiary/aromatic N) is 3. The van der Waals surface area contributed by atoms with Crippen LogP contribution in [0.3, 0.4) is 0 Å². The molecule has 0 amide bonds. The van der Waals surface area contributed by atoms with Gasteiger partial charge in [0.2, 0.25) is 0 Å². The van der Waals surface area contributed by atoms with E-state index in [2.05, 4.69) is 0 Å². The van der Waals surface area contributed by atoms with Gasteiger partial charge in [0.05, 0.1) is 12.2 Å². The maximum Gasteiger partial charge on any atom is 0.329 e. The van der Waals surface area contributed by atoms with E-state index in [0.717, 1.165) is 37.2 Å². The molecule has 0 unspecified atom stereocenters. The van der Waals surface area contributed by atoms with Crippen LogP contribution in [0.25, 0.3) is 6.08 Å². The highest BCUT2D eigenvalue weighted by atomic mass is 32.1. The van der Waals surface area contributed by atoms with Crippen LogP contribution in [0, 0.1) is 0 Å². The summed E-state index contributed by atoms with van der Waals surface area (Å²) in [7, 11) is 0. The number of likely N-dealkylation sites (tertiary alicyclic amines) is 1. The molecule has 27 heavy (non-hydrogen) atoms. The van der Waals surface area contributed by atoms with Gasteiger partial charge in [-0.15, -0.1) is 0 Å². The average molecular weight is 383 g/mol. The standard InChI is InChI=1S/C21H26N4OS/c1-2-3-5-10-19-16-25(18-11-13-23(14-12-18)20(22)27)21(26)24(19)15-17-8-6-4-7-9-17/h2-10,16,18H,11-15H2,1H3,(H2,22,27)/b3-2-,10-5-. The summed E-state index contributed by atoms with van der Waals surface area (Å²) in [6.07, 6.45) is 11.6. The van der Waals surface area contributed by atoms with Crippen molar-refractivity contribution < 1.29 is 0 Å². The molecule has 2 N–H and O–H groups in total. The molecule has 1 aromatic heterocycles. The van der Waals surface area contributed by atoms with Gasteiger partial charge in [0, 0.05) is 25.3 Å². The molecule has 142 valence electrons. The molecule has 0 aliphatic carbocycles. The molecule has 0 spiro atoms. The van der Waals surface area contributed by atoms with Crippen LogP contribution in [0.15, 0.2) is 59.6 Å². The van der Waals surface area contributed by atoms with E-state index in [1.54, 1.807) is 0 Å². The van der Waals surface area contributed by atoms with Crippen molar-refractivity contribution in [2.24, 2.45) is 5.73 Å². The quantitative estimate of drug-likeness (QED) is 0.637. The van der Waals surface area contributed by atoms with E-state index in [1.165, 1.54) is 0 Å². The minimum atomic E-state index is 0.0350. The molecule has 1 saturated heterocycles. The zero-order valence-corrected chi connectivity index (χ0v) is 16.4. The molecule has 6 heteroatoms. The van der Waals surface area contributed by atoms with Crippen LogP contribution in [0.5, 0.6) is 0 Å². The van der Waals surface area contributed by atoms with Crippen LogP contribution >= 0.6 is 12.2 Å². The summed E-state index contributed by atoms with van der Waals surface area (Å²) in [6, 6.07) is 10.2. The van der Waals surface area contributed by atoms with Crippen molar-refractivity contribution in [3.8, 4) is 0 Å². The largest absolute Gasteiger partial charge is 0.376 e. The number of benzene rings is 1. The fraction of sp³-hybridized carbons (Fsp3) is 0.333. The first-order valence-electron chi connectivity index (χ1n) is 9.29. The van der Waals surface area contributed by atoms with Crippen molar-refractivity contribution in [3.05, 3.63) is 76.5 Å². The second-order valence-electron chi connectivity index (χ2n) is 6.76. The van der Waals surface area contributed by atoms with Crippen LogP contribution in [-0.4, -0.2) is 32.2 Å². The lowest BCUT2D eigenvalue weighted by atomic mass is 10.1. The second-order valence-corrected chi connectivity index (χ2v) is 7.18. The highest BCUT2D eigenvalue weighted by molar-refractivity contribution is 7.80. The third kappa shape index (κ3) is 4.57. The van der Waals surface area contributed by atoms with Crippen LogP contribution in [-0.2, 0) is 6.54 Å². The van der Waals surface area contributed by atoms with Crippen LogP contribution in [0.4, 0.5) is 0 Å². The first-order valence-corrected chi connectivity index (χ1v) is 9.70. The van der Waals surface area contributed by atoms with Crippen molar-refractivity contribution in [3.63, 3.8) is 0 Å². The Balaban J connectivity index is 1.90. The Hall–Kier alpha value is -2.60. The molecule has 0 bridgehead atoms. The number of piperidine rings is 1. The molecule has 5 nitrogen and oxygen atoms in total. The first-order chi connectivity index (χ1) is 13.1. The van der Waals surface area contributed by atoms with Crippen molar-refractivity contribution in [1.29, 1.82) is 0 Å². The highest BCUT2D eigenvalue weighted by Crippen LogP contribution is 2.22. The monoisotopic (exact) mass is 382 g/mol. The van der Waals surface area contributed by atoms with Crippen LogP contribution < -0.4 is 11.4 Å². The predicted molar refractivity (Wildman–Crippen MR) is 115 cm³/mol. The Kier molecular flexibility index (Phi) is 6.29. The third-order valence-electron chi connectivity index (χ3n) is 4.96. The second kappa shape index (κ2) is 8.86. The van der Waals surface area contributed by atoms with E-state index in [4.69, 9.17) is 18.0 Å². The molecule has 0 radical (unpaired) electrons. The molecule has 3 rings (SSSR count). The van der Waals surface area contributed by atoms with Gasteiger partial charge in [-0.3, -0.25) is 9.13 Å². The molecule has 1 fully saturated rings. The summed E-state index contributed by atoms with van der Waals surface area (Å²) in [5.74, 6) is 0. The summed E-state index contributed by atoms with van der Waals surface area (Å²) in [5.41, 5.74) is 7.80. The number of thiocarbonyl (C=S) groups is 1. The molecular formula is C21H26N4OS. The highest BCUT2D eigenvalue weighted by Gasteiger charge is 2.24. The van der Waals surface area contributed by atoms with Gasteiger partial charge >= 0.3 is 5.69 Å². The lowest BCUT2D eigenvalue weighted by Gasteiger charge is -2.32. The summed E-state index contributed by atoms with van der Waals surface area (Å²) in [4.78, 5) is 15.2. The van der Waals surface area contributed by atoms with E-state index >= 15 is 0 Å². The minimum Gasteiger partial charge on any atom is -0.376 e. The average Bonchev–Trinajstić information content (AvgIpc) is 2.99. The SMILES string of the molecule is C/C=C\C=C/c1cn(C2CCN(C(N)=S)CC2)c(=O)n1Cc1ccccc1. The number of nitrogens with two attached hydrogens (primary N) is 1. The Bertz CT molecular complexity index is 887. The normalized spacial score (nSPS) is 15.8. The van der Waals surface area contributed by atoms with E-state index < -0.39 is 0 Å². The van der Waals surface area contributed by atoms with Gasteiger partial charge in [-0.25, -0.2) is 4.79 Å². The van der Waals surface area contributed by atoms with Gasteiger partial charge in [-0.05, 0) is 43.6 Å². The van der Waals surface area contributed by atoms with Gasteiger partial charge in [0.15, 0.2) is 5.11 Å². The number of hydrogen-bond acceptors (Lipinski definition) is 2.